The lowest BCUT2D eigenvalue weighted by Crippen LogP contribution is -2.52. The molecule has 2 heterocycles. The molecule has 7 nitrogen and oxygen atoms in total. The molecule has 2 fully saturated rings. The second-order valence-electron chi connectivity index (χ2n) is 6.13. The quantitative estimate of drug-likeness (QED) is 0.780. The Balaban J connectivity index is 1.45. The Kier molecular flexibility index (Phi) is 4.70. The number of carbonyl (C=O) groups excluding carboxylic acids is 2. The van der Waals surface area contributed by atoms with Gasteiger partial charge in [0.1, 0.15) is 6.04 Å². The number of aromatic nitrogens is 3. The first-order chi connectivity index (χ1) is 10.8. The molecule has 1 aliphatic heterocycles. The van der Waals surface area contributed by atoms with E-state index in [1.165, 1.54) is 0 Å². The number of carbonyl (C=O) groups is 2. The minimum Gasteiger partial charge on any atom is -0.354 e. The maximum atomic E-state index is 12.4. The van der Waals surface area contributed by atoms with Crippen LogP contribution in [0.5, 0.6) is 0 Å². The van der Waals surface area contributed by atoms with Crippen LogP contribution in [0.1, 0.15) is 38.5 Å². The van der Waals surface area contributed by atoms with Gasteiger partial charge in [-0.25, -0.2) is 0 Å². The molecule has 0 spiro atoms. The lowest BCUT2D eigenvalue weighted by molar-refractivity contribution is -0.143. The zero-order valence-electron chi connectivity index (χ0n) is 12.8. The molecule has 0 unspecified atom stereocenters. The zero-order valence-corrected chi connectivity index (χ0v) is 12.8. The SMILES string of the molecule is O=C(NCCCn1ccnn1)[C@@H]1CCCCN1C(=O)C1CC1. The molecule has 2 aliphatic rings. The molecular formula is C15H23N5O2. The van der Waals surface area contributed by atoms with E-state index in [-0.39, 0.29) is 23.8 Å². The molecule has 0 radical (unpaired) electrons. The molecule has 0 bridgehead atoms. The van der Waals surface area contributed by atoms with Crippen LogP contribution in [0.25, 0.3) is 0 Å². The predicted octanol–water partition coefficient (Wildman–Crippen LogP) is 0.575. The van der Waals surface area contributed by atoms with Gasteiger partial charge in [-0.2, -0.15) is 0 Å². The first-order valence-corrected chi connectivity index (χ1v) is 8.18. The second-order valence-corrected chi connectivity index (χ2v) is 6.13. The van der Waals surface area contributed by atoms with Gasteiger partial charge in [-0.1, -0.05) is 5.21 Å². The number of likely N-dealkylation sites (tertiary alicyclic amines) is 1. The molecule has 1 aromatic heterocycles. The van der Waals surface area contributed by atoms with E-state index >= 15 is 0 Å². The van der Waals surface area contributed by atoms with Crippen molar-refractivity contribution in [2.24, 2.45) is 5.92 Å². The average molecular weight is 305 g/mol. The fourth-order valence-corrected chi connectivity index (χ4v) is 2.96. The van der Waals surface area contributed by atoms with E-state index in [1.807, 2.05) is 4.90 Å². The van der Waals surface area contributed by atoms with Crippen molar-refractivity contribution in [2.45, 2.75) is 51.1 Å². The van der Waals surface area contributed by atoms with Crippen LogP contribution in [0.2, 0.25) is 0 Å². The van der Waals surface area contributed by atoms with Crippen LogP contribution in [0, 0.1) is 5.92 Å². The van der Waals surface area contributed by atoms with E-state index in [1.54, 1.807) is 17.1 Å². The van der Waals surface area contributed by atoms with Gasteiger partial charge < -0.3 is 10.2 Å². The van der Waals surface area contributed by atoms with Crippen LogP contribution in [-0.2, 0) is 16.1 Å². The van der Waals surface area contributed by atoms with Crippen molar-refractivity contribution in [1.82, 2.24) is 25.2 Å². The number of amides is 2. The zero-order chi connectivity index (χ0) is 15.4. The number of hydrogen-bond acceptors (Lipinski definition) is 4. The van der Waals surface area contributed by atoms with E-state index in [2.05, 4.69) is 15.6 Å². The van der Waals surface area contributed by atoms with Gasteiger partial charge in [0.15, 0.2) is 0 Å². The van der Waals surface area contributed by atoms with Gasteiger partial charge in [-0.3, -0.25) is 14.3 Å². The summed E-state index contributed by atoms with van der Waals surface area (Å²) in [5.74, 6) is 0.357. The Labute approximate surface area is 130 Å². The second kappa shape index (κ2) is 6.89. The number of piperidine rings is 1. The van der Waals surface area contributed by atoms with E-state index in [0.717, 1.165) is 51.6 Å². The first kappa shape index (κ1) is 15.0. The minimum atomic E-state index is -0.270. The van der Waals surface area contributed by atoms with E-state index in [0.29, 0.717) is 6.54 Å². The van der Waals surface area contributed by atoms with Crippen LogP contribution >= 0.6 is 0 Å². The average Bonchev–Trinajstić information content (AvgIpc) is 3.27. The summed E-state index contributed by atoms with van der Waals surface area (Å²) < 4.78 is 1.75. The maximum absolute atomic E-state index is 12.4. The van der Waals surface area contributed by atoms with Crippen LogP contribution in [-0.4, -0.2) is 50.8 Å². The Hall–Kier alpha value is -1.92. The molecule has 1 atom stereocenters. The number of hydrogen-bond donors (Lipinski definition) is 1. The monoisotopic (exact) mass is 305 g/mol. The highest BCUT2D eigenvalue weighted by atomic mass is 16.2. The van der Waals surface area contributed by atoms with Gasteiger partial charge in [-0.05, 0) is 38.5 Å². The highest BCUT2D eigenvalue weighted by Crippen LogP contribution is 2.33. The van der Waals surface area contributed by atoms with Crippen LogP contribution in [0.4, 0.5) is 0 Å². The van der Waals surface area contributed by atoms with Gasteiger partial charge in [-0.15, -0.1) is 5.10 Å². The summed E-state index contributed by atoms with van der Waals surface area (Å²) in [6.45, 7) is 2.06. The number of aryl methyl sites for hydroxylation is 1. The van der Waals surface area contributed by atoms with E-state index < -0.39 is 0 Å². The molecule has 1 saturated carbocycles. The van der Waals surface area contributed by atoms with Crippen molar-refractivity contribution in [3.63, 3.8) is 0 Å². The summed E-state index contributed by atoms with van der Waals surface area (Å²) in [4.78, 5) is 26.5. The molecule has 2 amide bonds. The lowest BCUT2D eigenvalue weighted by Gasteiger charge is -2.35. The van der Waals surface area contributed by atoms with Crippen LogP contribution < -0.4 is 5.32 Å². The topological polar surface area (TPSA) is 80.1 Å². The molecule has 120 valence electrons. The summed E-state index contributed by atoms with van der Waals surface area (Å²) in [7, 11) is 0. The Morgan fingerprint density at radius 1 is 1.23 bits per heavy atom. The molecular weight excluding hydrogens is 282 g/mol. The van der Waals surface area contributed by atoms with Crippen LogP contribution in [0.3, 0.4) is 0 Å². The molecule has 22 heavy (non-hydrogen) atoms. The van der Waals surface area contributed by atoms with Crippen molar-refractivity contribution in [2.75, 3.05) is 13.1 Å². The number of rotatable bonds is 6. The maximum Gasteiger partial charge on any atom is 0.242 e. The molecule has 1 saturated heterocycles. The number of nitrogens with one attached hydrogen (secondary N) is 1. The van der Waals surface area contributed by atoms with Crippen molar-refractivity contribution < 1.29 is 9.59 Å². The lowest BCUT2D eigenvalue weighted by atomic mass is 10.0. The Morgan fingerprint density at radius 3 is 2.82 bits per heavy atom. The first-order valence-electron chi connectivity index (χ1n) is 8.18. The van der Waals surface area contributed by atoms with Gasteiger partial charge in [0.2, 0.25) is 11.8 Å². The summed E-state index contributed by atoms with van der Waals surface area (Å²) >= 11 is 0. The fraction of sp³-hybridized carbons (Fsp3) is 0.733. The van der Waals surface area contributed by atoms with Crippen LogP contribution in [0.15, 0.2) is 12.4 Å². The van der Waals surface area contributed by atoms with Crippen molar-refractivity contribution in [3.8, 4) is 0 Å². The summed E-state index contributed by atoms with van der Waals surface area (Å²) in [6, 6.07) is -0.270. The minimum absolute atomic E-state index is 0.00714. The third-order valence-corrected chi connectivity index (χ3v) is 4.35. The highest BCUT2D eigenvalue weighted by molar-refractivity contribution is 5.89. The highest BCUT2D eigenvalue weighted by Gasteiger charge is 2.39. The summed E-state index contributed by atoms with van der Waals surface area (Å²) in [5, 5.41) is 10.6. The normalized spacial score (nSPS) is 21.6. The largest absolute Gasteiger partial charge is 0.354 e. The number of nitrogens with zero attached hydrogens (tertiary/aromatic N) is 4. The van der Waals surface area contributed by atoms with Crippen molar-refractivity contribution in [1.29, 1.82) is 0 Å². The van der Waals surface area contributed by atoms with Gasteiger partial charge in [0.05, 0.1) is 6.20 Å². The summed E-state index contributed by atoms with van der Waals surface area (Å²) in [6.07, 6.45) is 9.04. The standard InChI is InChI=1S/C15H23N5O2/c21-14(16-7-3-9-19-11-8-17-18-19)13-4-1-2-10-20(13)15(22)12-5-6-12/h8,11-13H,1-7,9-10H2,(H,16,21)/t13-/m0/s1. The van der Waals surface area contributed by atoms with E-state index in [4.69, 9.17) is 0 Å². The van der Waals surface area contributed by atoms with Gasteiger partial charge in [0, 0.05) is 31.7 Å². The molecule has 7 heteroatoms. The van der Waals surface area contributed by atoms with Gasteiger partial charge >= 0.3 is 0 Å². The van der Waals surface area contributed by atoms with E-state index in [9.17, 15) is 9.59 Å². The molecule has 3 rings (SSSR count). The van der Waals surface area contributed by atoms with Gasteiger partial charge in [0.25, 0.3) is 0 Å². The molecule has 1 N–H and O–H groups in total. The Bertz CT molecular complexity index is 512. The van der Waals surface area contributed by atoms with Crippen molar-refractivity contribution in [3.05, 3.63) is 12.4 Å². The third-order valence-electron chi connectivity index (χ3n) is 4.35. The molecule has 0 aromatic carbocycles. The van der Waals surface area contributed by atoms with Crippen molar-refractivity contribution >= 4 is 11.8 Å². The molecule has 1 aromatic rings. The predicted molar refractivity (Wildman–Crippen MR) is 79.7 cm³/mol. The molecule has 1 aliphatic carbocycles. The third kappa shape index (κ3) is 3.64. The summed E-state index contributed by atoms with van der Waals surface area (Å²) in [5.41, 5.74) is 0. The smallest absolute Gasteiger partial charge is 0.242 e. The fourth-order valence-electron chi connectivity index (χ4n) is 2.96. The Morgan fingerprint density at radius 2 is 2.09 bits per heavy atom.